The van der Waals surface area contributed by atoms with Crippen LogP contribution in [-0.2, 0) is 4.74 Å². The Labute approximate surface area is 119 Å². The maximum atomic E-state index is 5.47. The van der Waals surface area contributed by atoms with Crippen molar-refractivity contribution in [2.45, 2.75) is 46.1 Å². The highest BCUT2D eigenvalue weighted by molar-refractivity contribution is 4.89. The third-order valence-corrected chi connectivity index (χ3v) is 4.91. The first-order valence-corrected chi connectivity index (χ1v) is 8.24. The summed E-state index contributed by atoms with van der Waals surface area (Å²) in [6.45, 7) is 13.7. The van der Waals surface area contributed by atoms with Crippen molar-refractivity contribution in [2.24, 2.45) is 17.8 Å². The van der Waals surface area contributed by atoms with Gasteiger partial charge in [-0.3, -0.25) is 4.90 Å². The first kappa shape index (κ1) is 15.3. The number of rotatable bonds is 5. The molecule has 0 spiro atoms. The number of hydrogen-bond acceptors (Lipinski definition) is 3. The summed E-state index contributed by atoms with van der Waals surface area (Å²) < 4.78 is 5.47. The number of nitrogens with zero attached hydrogens (tertiary/aromatic N) is 1. The minimum Gasteiger partial charge on any atom is -0.379 e. The van der Waals surface area contributed by atoms with Crippen LogP contribution in [0.1, 0.15) is 40.0 Å². The second kappa shape index (κ2) is 7.61. The molecule has 1 aliphatic carbocycles. The van der Waals surface area contributed by atoms with E-state index in [1.54, 1.807) is 0 Å². The zero-order chi connectivity index (χ0) is 13.7. The standard InChI is InChI=1S/C16H32N2O/c1-4-5-17-16-11-13(2)10-14(3)15(16)12-18-6-8-19-9-7-18/h13-17H,4-12H2,1-3H3. The minimum absolute atomic E-state index is 0.724. The van der Waals surface area contributed by atoms with Crippen LogP contribution in [0.2, 0.25) is 0 Å². The molecule has 1 N–H and O–H groups in total. The molecule has 4 unspecified atom stereocenters. The average molecular weight is 268 g/mol. The van der Waals surface area contributed by atoms with Crippen LogP contribution < -0.4 is 5.32 Å². The molecule has 1 saturated carbocycles. The van der Waals surface area contributed by atoms with Crippen molar-refractivity contribution >= 4 is 0 Å². The second-order valence-corrected chi connectivity index (χ2v) is 6.69. The fourth-order valence-electron chi connectivity index (χ4n) is 3.86. The minimum atomic E-state index is 0.724. The van der Waals surface area contributed by atoms with Gasteiger partial charge in [0, 0.05) is 25.7 Å². The smallest absolute Gasteiger partial charge is 0.0594 e. The predicted octanol–water partition coefficient (Wildman–Crippen LogP) is 2.37. The highest BCUT2D eigenvalue weighted by atomic mass is 16.5. The molecule has 0 bridgehead atoms. The van der Waals surface area contributed by atoms with Crippen molar-refractivity contribution < 1.29 is 4.74 Å². The molecule has 19 heavy (non-hydrogen) atoms. The number of nitrogens with one attached hydrogen (secondary N) is 1. The Hall–Kier alpha value is -0.120. The first-order valence-electron chi connectivity index (χ1n) is 8.24. The number of morpholine rings is 1. The van der Waals surface area contributed by atoms with Crippen molar-refractivity contribution in [3.63, 3.8) is 0 Å². The van der Waals surface area contributed by atoms with Crippen molar-refractivity contribution in [3.05, 3.63) is 0 Å². The Bertz CT molecular complexity index is 253. The van der Waals surface area contributed by atoms with Crippen LogP contribution in [0.25, 0.3) is 0 Å². The average Bonchev–Trinajstić information content (AvgIpc) is 2.41. The predicted molar refractivity (Wildman–Crippen MR) is 80.4 cm³/mol. The van der Waals surface area contributed by atoms with Gasteiger partial charge >= 0.3 is 0 Å². The lowest BCUT2D eigenvalue weighted by Gasteiger charge is -2.43. The van der Waals surface area contributed by atoms with Crippen molar-refractivity contribution in [3.8, 4) is 0 Å². The molecule has 3 nitrogen and oxygen atoms in total. The summed E-state index contributed by atoms with van der Waals surface area (Å²) in [5.41, 5.74) is 0. The summed E-state index contributed by atoms with van der Waals surface area (Å²) in [6, 6.07) is 0.724. The highest BCUT2D eigenvalue weighted by Crippen LogP contribution is 2.34. The largest absolute Gasteiger partial charge is 0.379 e. The lowest BCUT2D eigenvalue weighted by molar-refractivity contribution is 0.0137. The van der Waals surface area contributed by atoms with Gasteiger partial charge in [-0.1, -0.05) is 20.8 Å². The summed E-state index contributed by atoms with van der Waals surface area (Å²) in [5.74, 6) is 2.55. The molecule has 4 atom stereocenters. The summed E-state index contributed by atoms with van der Waals surface area (Å²) in [5, 5.41) is 3.81. The molecule has 0 aromatic carbocycles. The molecule has 1 saturated heterocycles. The van der Waals surface area contributed by atoms with Crippen LogP contribution in [-0.4, -0.2) is 50.3 Å². The van der Waals surface area contributed by atoms with Gasteiger partial charge in [0.05, 0.1) is 13.2 Å². The van der Waals surface area contributed by atoms with Crippen LogP contribution in [0.4, 0.5) is 0 Å². The molecule has 0 aromatic rings. The summed E-state index contributed by atoms with van der Waals surface area (Å²) >= 11 is 0. The zero-order valence-electron chi connectivity index (χ0n) is 13.0. The molecule has 1 aliphatic heterocycles. The van der Waals surface area contributed by atoms with E-state index in [1.165, 1.54) is 32.4 Å². The Morgan fingerprint density at radius 2 is 1.89 bits per heavy atom. The molecule has 2 fully saturated rings. The second-order valence-electron chi connectivity index (χ2n) is 6.69. The monoisotopic (exact) mass is 268 g/mol. The zero-order valence-corrected chi connectivity index (χ0v) is 13.0. The van der Waals surface area contributed by atoms with Crippen LogP contribution >= 0.6 is 0 Å². The SMILES string of the molecule is CCCNC1CC(C)CC(C)C1CN1CCOCC1. The van der Waals surface area contributed by atoms with Gasteiger partial charge in [-0.2, -0.15) is 0 Å². The topological polar surface area (TPSA) is 24.5 Å². The Balaban J connectivity index is 1.91. The van der Waals surface area contributed by atoms with Gasteiger partial charge in [-0.15, -0.1) is 0 Å². The van der Waals surface area contributed by atoms with Gasteiger partial charge in [-0.05, 0) is 43.6 Å². The van der Waals surface area contributed by atoms with Crippen LogP contribution in [0.3, 0.4) is 0 Å². The summed E-state index contributed by atoms with van der Waals surface area (Å²) in [4.78, 5) is 2.61. The Morgan fingerprint density at radius 1 is 1.16 bits per heavy atom. The van der Waals surface area contributed by atoms with Gasteiger partial charge in [0.15, 0.2) is 0 Å². The molecule has 112 valence electrons. The van der Waals surface area contributed by atoms with Gasteiger partial charge in [0.1, 0.15) is 0 Å². The van der Waals surface area contributed by atoms with Crippen LogP contribution in [0, 0.1) is 17.8 Å². The lowest BCUT2D eigenvalue weighted by Crippen LogP contribution is -2.51. The van der Waals surface area contributed by atoms with Gasteiger partial charge in [-0.25, -0.2) is 0 Å². The molecule has 0 amide bonds. The maximum absolute atomic E-state index is 5.47. The van der Waals surface area contributed by atoms with E-state index >= 15 is 0 Å². The van der Waals surface area contributed by atoms with E-state index in [9.17, 15) is 0 Å². The molecule has 0 radical (unpaired) electrons. The molecular formula is C16H32N2O. The Kier molecular flexibility index (Phi) is 6.11. The number of ether oxygens (including phenoxy) is 1. The van der Waals surface area contributed by atoms with E-state index in [0.717, 1.165) is 50.1 Å². The molecule has 0 aromatic heterocycles. The maximum Gasteiger partial charge on any atom is 0.0594 e. The van der Waals surface area contributed by atoms with E-state index in [0.29, 0.717) is 0 Å². The van der Waals surface area contributed by atoms with Gasteiger partial charge in [0.25, 0.3) is 0 Å². The normalized spacial score (nSPS) is 37.4. The highest BCUT2D eigenvalue weighted by Gasteiger charge is 2.34. The van der Waals surface area contributed by atoms with Crippen LogP contribution in [0.5, 0.6) is 0 Å². The van der Waals surface area contributed by atoms with Crippen LogP contribution in [0.15, 0.2) is 0 Å². The summed E-state index contributed by atoms with van der Waals surface area (Å²) in [7, 11) is 0. The van der Waals surface area contributed by atoms with E-state index in [1.807, 2.05) is 0 Å². The molecule has 2 rings (SSSR count). The van der Waals surface area contributed by atoms with E-state index in [4.69, 9.17) is 4.74 Å². The molecule has 3 heteroatoms. The fraction of sp³-hybridized carbons (Fsp3) is 1.00. The lowest BCUT2D eigenvalue weighted by atomic mass is 9.72. The third-order valence-electron chi connectivity index (χ3n) is 4.91. The van der Waals surface area contributed by atoms with Gasteiger partial charge in [0.2, 0.25) is 0 Å². The molecular weight excluding hydrogens is 236 g/mol. The van der Waals surface area contributed by atoms with Crippen molar-refractivity contribution in [1.29, 1.82) is 0 Å². The quantitative estimate of drug-likeness (QED) is 0.828. The van der Waals surface area contributed by atoms with E-state index < -0.39 is 0 Å². The van der Waals surface area contributed by atoms with Gasteiger partial charge < -0.3 is 10.1 Å². The third kappa shape index (κ3) is 4.44. The van der Waals surface area contributed by atoms with E-state index in [-0.39, 0.29) is 0 Å². The molecule has 2 aliphatic rings. The van der Waals surface area contributed by atoms with Crippen molar-refractivity contribution in [2.75, 3.05) is 39.4 Å². The van der Waals surface area contributed by atoms with Crippen molar-refractivity contribution in [1.82, 2.24) is 10.2 Å². The first-order chi connectivity index (χ1) is 9.20. The fourth-order valence-corrected chi connectivity index (χ4v) is 3.86. The number of hydrogen-bond donors (Lipinski definition) is 1. The van der Waals surface area contributed by atoms with E-state index in [2.05, 4.69) is 31.0 Å². The molecule has 1 heterocycles. The Morgan fingerprint density at radius 3 is 2.58 bits per heavy atom. The summed E-state index contributed by atoms with van der Waals surface area (Å²) in [6.07, 6.45) is 4.00.